The molecule has 0 amide bonds. The van der Waals surface area contributed by atoms with Crippen molar-refractivity contribution in [2.45, 2.75) is 15.2 Å². The van der Waals surface area contributed by atoms with Crippen molar-refractivity contribution >= 4 is 82.9 Å². The predicted octanol–water partition coefficient (Wildman–Crippen LogP) is 15.1. The van der Waals surface area contributed by atoms with Gasteiger partial charge in [-0.25, -0.2) is 4.85 Å². The quantitative estimate of drug-likeness (QED) is 0.166. The number of pyridine rings is 2. The minimum absolute atomic E-state index is 0.624. The number of benzene rings is 8. The minimum atomic E-state index is -0.847. The van der Waals surface area contributed by atoms with E-state index in [9.17, 15) is 0 Å². The van der Waals surface area contributed by atoms with E-state index < -0.39 is 5.41 Å². The molecule has 0 fully saturated rings. The number of aromatic nitrogens is 5. The average molecular weight is 871 g/mol. The van der Waals surface area contributed by atoms with Crippen LogP contribution in [0.2, 0.25) is 0 Å². The van der Waals surface area contributed by atoms with E-state index in [1.165, 1.54) is 48.6 Å². The summed E-state index contributed by atoms with van der Waals surface area (Å²) in [5, 5.41) is 7.04. The third-order valence-electron chi connectivity index (χ3n) is 14.4. The lowest BCUT2D eigenvalue weighted by molar-refractivity contribution is 0.711. The van der Waals surface area contributed by atoms with E-state index in [-0.39, 0.29) is 0 Å². The molecule has 2 aliphatic rings. The Morgan fingerprint density at radius 1 is 0.418 bits per heavy atom. The van der Waals surface area contributed by atoms with Gasteiger partial charge in [-0.3, -0.25) is 9.97 Å². The second-order valence-electron chi connectivity index (χ2n) is 17.6. The molecule has 1 spiro atoms. The van der Waals surface area contributed by atoms with Crippen molar-refractivity contribution in [3.05, 3.63) is 240 Å². The highest BCUT2D eigenvalue weighted by Crippen LogP contribution is 2.63. The molecule has 1 unspecified atom stereocenters. The van der Waals surface area contributed by atoms with Crippen LogP contribution in [0.4, 0.5) is 5.69 Å². The Hall–Kier alpha value is -8.70. The lowest BCUT2D eigenvalue weighted by atomic mass is 9.67. The topological polar surface area (TPSA) is 44.9 Å². The Kier molecular flexibility index (Phi) is 7.34. The molecule has 0 N–H and O–H groups in total. The normalized spacial score (nSPS) is 14.9. The summed E-state index contributed by atoms with van der Waals surface area (Å²) in [6.07, 6.45) is 3.94. The van der Waals surface area contributed by atoms with Gasteiger partial charge in [0.25, 0.3) is 0 Å². The van der Waals surface area contributed by atoms with E-state index in [1.54, 1.807) is 0 Å². The van der Waals surface area contributed by atoms with Gasteiger partial charge in [-0.2, -0.15) is 0 Å². The molecule has 0 saturated carbocycles. The number of hydrogen-bond acceptors (Lipinski definition) is 3. The van der Waals surface area contributed by atoms with Gasteiger partial charge in [0.05, 0.1) is 74.0 Å². The van der Waals surface area contributed by atoms with Gasteiger partial charge in [-0.1, -0.05) is 127 Å². The van der Waals surface area contributed by atoms with Gasteiger partial charge in [0.1, 0.15) is 0 Å². The van der Waals surface area contributed by atoms with E-state index in [2.05, 4.69) is 201 Å². The molecule has 1 atom stereocenters. The van der Waals surface area contributed by atoms with Crippen LogP contribution in [-0.4, -0.2) is 23.7 Å². The van der Waals surface area contributed by atoms with Crippen molar-refractivity contribution in [3.8, 4) is 28.5 Å². The van der Waals surface area contributed by atoms with Crippen LogP contribution in [0.1, 0.15) is 22.3 Å². The molecule has 8 aromatic carbocycles. The highest BCUT2D eigenvalue weighted by molar-refractivity contribution is 7.99. The highest BCUT2D eigenvalue weighted by Gasteiger charge is 2.53. The number of para-hydroxylation sites is 5. The van der Waals surface area contributed by atoms with Crippen molar-refractivity contribution in [3.63, 3.8) is 0 Å². The maximum atomic E-state index is 7.94. The highest BCUT2D eigenvalue weighted by atomic mass is 32.2. The molecular weight excluding hydrogens is 837 g/mol. The van der Waals surface area contributed by atoms with Crippen LogP contribution in [0.3, 0.4) is 0 Å². The third-order valence-corrected chi connectivity index (χ3v) is 15.5. The lowest BCUT2D eigenvalue weighted by Gasteiger charge is -2.41. The summed E-state index contributed by atoms with van der Waals surface area (Å²) in [4.78, 5) is 16.9. The fourth-order valence-corrected chi connectivity index (χ4v) is 13.1. The molecule has 13 aromatic rings. The van der Waals surface area contributed by atoms with Gasteiger partial charge in [-0.05, 0) is 95.4 Å². The van der Waals surface area contributed by atoms with Crippen molar-refractivity contribution in [2.75, 3.05) is 0 Å². The monoisotopic (exact) mass is 870 g/mol. The maximum Gasteiger partial charge on any atom is 0.188 e. The van der Waals surface area contributed by atoms with E-state index in [4.69, 9.17) is 16.5 Å². The molecule has 0 saturated heterocycles. The molecule has 0 bridgehead atoms. The molecule has 0 radical (unpaired) electrons. The van der Waals surface area contributed by atoms with Crippen molar-refractivity contribution in [1.82, 2.24) is 23.7 Å². The lowest BCUT2D eigenvalue weighted by Crippen LogP contribution is -2.33. The standard InChI is InChI=1S/C60H34N6S/c1-61-36-27-30-53-44(32-36)43-18-6-11-24-52(43)66(53)54-25-12-26-55-57(54)60(45-29-28-37(34-56(45)67-55)64-48-20-7-2-14-39(48)40-15-3-8-21-49(40)64)46-19-13-31-62-58(46)59-47(60)33-38(35-63-59)65-50-22-9-4-16-41(50)42-17-5-10-23-51(42)65/h2-35H. The number of nitrogens with zero attached hydrogens (tertiary/aromatic N) is 6. The molecule has 5 aromatic heterocycles. The molecule has 67 heavy (non-hydrogen) atoms. The maximum absolute atomic E-state index is 7.94. The van der Waals surface area contributed by atoms with Crippen LogP contribution in [0.15, 0.2) is 216 Å². The zero-order valence-electron chi connectivity index (χ0n) is 35.7. The number of fused-ring (bicyclic) bond motifs is 18. The van der Waals surface area contributed by atoms with Crippen molar-refractivity contribution in [2.24, 2.45) is 0 Å². The van der Waals surface area contributed by atoms with Crippen molar-refractivity contribution in [1.29, 1.82) is 0 Å². The summed E-state index contributed by atoms with van der Waals surface area (Å²) in [6, 6.07) is 70.2. The van der Waals surface area contributed by atoms with Crippen LogP contribution in [0.5, 0.6) is 0 Å². The molecule has 6 nitrogen and oxygen atoms in total. The fraction of sp³-hybridized carbons (Fsp3) is 0.0167. The van der Waals surface area contributed by atoms with E-state index >= 15 is 0 Å². The number of rotatable bonds is 3. The van der Waals surface area contributed by atoms with Crippen LogP contribution in [-0.2, 0) is 5.41 Å². The Morgan fingerprint density at radius 3 is 1.63 bits per heavy atom. The summed E-state index contributed by atoms with van der Waals surface area (Å²) >= 11 is 1.84. The van der Waals surface area contributed by atoms with Gasteiger partial charge < -0.3 is 13.7 Å². The van der Waals surface area contributed by atoms with Crippen LogP contribution in [0, 0.1) is 6.57 Å². The molecule has 1 aliphatic heterocycles. The summed E-state index contributed by atoms with van der Waals surface area (Å²) in [7, 11) is 0. The Morgan fingerprint density at radius 2 is 0.985 bits per heavy atom. The Bertz CT molecular complexity index is 4250. The van der Waals surface area contributed by atoms with Crippen LogP contribution >= 0.6 is 11.8 Å². The molecule has 15 rings (SSSR count). The van der Waals surface area contributed by atoms with Crippen LogP contribution in [0.25, 0.3) is 98.7 Å². The van der Waals surface area contributed by atoms with Gasteiger partial charge in [0.15, 0.2) is 5.69 Å². The first-order valence-corrected chi connectivity index (χ1v) is 23.3. The zero-order chi connectivity index (χ0) is 44.0. The minimum Gasteiger partial charge on any atom is -0.309 e. The van der Waals surface area contributed by atoms with Gasteiger partial charge in [-0.15, -0.1) is 0 Å². The fourth-order valence-electron chi connectivity index (χ4n) is 11.8. The molecule has 1 aliphatic carbocycles. The summed E-state index contributed by atoms with van der Waals surface area (Å²) in [6.45, 7) is 7.94. The second kappa shape index (κ2) is 13.4. The van der Waals surface area contributed by atoms with E-state index in [0.717, 1.165) is 77.3 Å². The Labute approximate surface area is 388 Å². The predicted molar refractivity (Wildman–Crippen MR) is 273 cm³/mol. The first-order chi connectivity index (χ1) is 33.2. The van der Waals surface area contributed by atoms with Gasteiger partial charge >= 0.3 is 0 Å². The van der Waals surface area contributed by atoms with Crippen molar-refractivity contribution < 1.29 is 0 Å². The van der Waals surface area contributed by atoms with Crippen LogP contribution < -0.4 is 0 Å². The average Bonchev–Trinajstić information content (AvgIpc) is 4.10. The largest absolute Gasteiger partial charge is 0.309 e. The number of hydrogen-bond donors (Lipinski definition) is 0. The zero-order valence-corrected chi connectivity index (χ0v) is 36.5. The summed E-state index contributed by atoms with van der Waals surface area (Å²) < 4.78 is 7.22. The van der Waals surface area contributed by atoms with E-state index in [1.807, 2.05) is 36.3 Å². The molecule has 7 heteroatoms. The third kappa shape index (κ3) is 4.74. The van der Waals surface area contributed by atoms with Gasteiger partial charge in [0, 0.05) is 59.7 Å². The molecule has 6 heterocycles. The summed E-state index contributed by atoms with van der Waals surface area (Å²) in [5.41, 5.74) is 16.1. The smallest absolute Gasteiger partial charge is 0.188 e. The van der Waals surface area contributed by atoms with Gasteiger partial charge in [0.2, 0.25) is 0 Å². The first kappa shape index (κ1) is 36.6. The SMILES string of the molecule is [C-]#[N+]c1ccc2c(c1)c1ccccc1n2-c1cccc2c1C1(c3ccc(-n4c5ccccc5c5ccccc54)cc3S2)c2cccnc2-c2ncc(-n3c4ccccc4c4ccccc43)cc21. The second-order valence-corrected chi connectivity index (χ2v) is 18.7. The Balaban J connectivity index is 1.08. The van der Waals surface area contributed by atoms with E-state index in [0.29, 0.717) is 5.69 Å². The molecular formula is C60H34N6S. The molecule has 310 valence electrons. The summed E-state index contributed by atoms with van der Waals surface area (Å²) in [5.74, 6) is 0. The first-order valence-electron chi connectivity index (χ1n) is 22.5.